The van der Waals surface area contributed by atoms with E-state index in [2.05, 4.69) is 4.31 Å². The molecule has 0 saturated heterocycles. The molecule has 0 heterocycles. The first kappa shape index (κ1) is 18.9. The van der Waals surface area contributed by atoms with Crippen LogP contribution in [0, 0.1) is 0 Å². The summed E-state index contributed by atoms with van der Waals surface area (Å²) in [5.74, 6) is 0. The van der Waals surface area contributed by atoms with E-state index in [1.54, 1.807) is 0 Å². The molecule has 0 saturated carbocycles. The van der Waals surface area contributed by atoms with Crippen LogP contribution in [-0.4, -0.2) is 71.8 Å². The molecule has 0 aromatic rings. The topological polar surface area (TPSA) is 124 Å². The van der Waals surface area contributed by atoms with Crippen molar-refractivity contribution in [1.82, 2.24) is 0 Å². The maximum absolute atomic E-state index is 9.24. The SMILES string of the molecule is O=[P+]([O-])O[P+](=O)[O-].[O]=[Ca].[O]=[Ca]. The molecule has 0 N–H and O–H groups in total. The second kappa shape index (κ2) is 18.1. The Bertz CT molecular complexity index is 110. The predicted octanol–water partition coefficient (Wildman–Crippen LogP) is -1.96. The Morgan fingerprint density at radius 3 is 1.09 bits per heavy atom. The van der Waals surface area contributed by atoms with Gasteiger partial charge in [-0.15, -0.1) is 0 Å². The van der Waals surface area contributed by atoms with Crippen molar-refractivity contribution in [2.75, 3.05) is 0 Å². The summed E-state index contributed by atoms with van der Waals surface area (Å²) in [4.78, 5) is 18.5. The molecule has 0 radical (unpaired) electrons. The average molecular weight is 254 g/mol. The molecule has 7 nitrogen and oxygen atoms in total. The van der Waals surface area contributed by atoms with E-state index in [9.17, 15) is 18.9 Å². The van der Waals surface area contributed by atoms with Gasteiger partial charge in [0.2, 0.25) is 0 Å². The van der Waals surface area contributed by atoms with Gasteiger partial charge in [0.1, 0.15) is 4.31 Å². The van der Waals surface area contributed by atoms with Crippen molar-refractivity contribution in [3.05, 3.63) is 0 Å². The second-order valence-electron chi connectivity index (χ2n) is 0.529. The fourth-order valence-electron chi connectivity index (χ4n) is 0.0544. The van der Waals surface area contributed by atoms with Gasteiger partial charge in [-0.25, -0.2) is 0 Å². The molecule has 11 heteroatoms. The molecule has 11 heavy (non-hydrogen) atoms. The van der Waals surface area contributed by atoms with Crippen molar-refractivity contribution < 1.29 is 26.1 Å². The molecule has 0 aliphatic carbocycles. The van der Waals surface area contributed by atoms with Crippen LogP contribution in [0.4, 0.5) is 0 Å². The monoisotopic (exact) mass is 254 g/mol. The fourth-order valence-corrected chi connectivity index (χ4v) is 0.490. The molecular formula is Ca2O7P2. The maximum atomic E-state index is 9.24. The minimum atomic E-state index is -3.24. The molecule has 0 aliphatic heterocycles. The number of rotatable bonds is 2. The predicted molar refractivity (Wildman–Crippen MR) is 29.2 cm³/mol. The van der Waals surface area contributed by atoms with Crippen molar-refractivity contribution >= 4 is 88.3 Å². The first-order valence-electron chi connectivity index (χ1n) is 1.67. The minimum absolute atomic E-state index is 0.125. The van der Waals surface area contributed by atoms with Crippen LogP contribution in [-0.2, 0) is 16.3 Å². The van der Waals surface area contributed by atoms with E-state index in [1.807, 2.05) is 0 Å². The van der Waals surface area contributed by atoms with Gasteiger partial charge in [-0.3, -0.25) is 0 Å². The van der Waals surface area contributed by atoms with Crippen LogP contribution in [0.25, 0.3) is 0 Å². The van der Waals surface area contributed by atoms with E-state index < -0.39 is 16.5 Å². The Kier molecular flexibility index (Phi) is 31.0. The molecule has 0 amide bonds. The van der Waals surface area contributed by atoms with Gasteiger partial charge in [-0.1, -0.05) is 0 Å². The van der Waals surface area contributed by atoms with Crippen molar-refractivity contribution in [1.29, 1.82) is 0 Å². The van der Waals surface area contributed by atoms with Crippen LogP contribution < -0.4 is 9.79 Å². The van der Waals surface area contributed by atoms with Gasteiger partial charge in [-0.05, 0) is 9.13 Å². The van der Waals surface area contributed by atoms with E-state index >= 15 is 0 Å². The van der Waals surface area contributed by atoms with E-state index in [4.69, 9.17) is 2.87 Å². The van der Waals surface area contributed by atoms with Gasteiger partial charge in [0.25, 0.3) is 0 Å². The Morgan fingerprint density at radius 2 is 1.09 bits per heavy atom. The summed E-state index contributed by atoms with van der Waals surface area (Å²) in [6.07, 6.45) is 0. The van der Waals surface area contributed by atoms with Crippen molar-refractivity contribution in [2.45, 2.75) is 0 Å². The summed E-state index contributed by atoms with van der Waals surface area (Å²) < 4.78 is 38.4. The summed E-state index contributed by atoms with van der Waals surface area (Å²) in [7, 11) is -6.47. The first-order valence-corrected chi connectivity index (χ1v) is 5.67. The van der Waals surface area contributed by atoms with E-state index in [-0.39, 0.29) is 71.8 Å². The van der Waals surface area contributed by atoms with Crippen molar-refractivity contribution in [3.63, 3.8) is 0 Å². The molecule has 56 valence electrons. The van der Waals surface area contributed by atoms with Crippen LogP contribution >= 0.6 is 16.5 Å². The van der Waals surface area contributed by atoms with Crippen LogP contribution in [0.3, 0.4) is 0 Å². The average Bonchev–Trinajstić information content (AvgIpc) is 1.93. The van der Waals surface area contributed by atoms with Crippen LogP contribution in [0.1, 0.15) is 0 Å². The van der Waals surface area contributed by atoms with E-state index in [0.29, 0.717) is 0 Å². The quantitative estimate of drug-likeness (QED) is 0.413. The molecule has 2 unspecified atom stereocenters. The van der Waals surface area contributed by atoms with Crippen LogP contribution in [0.15, 0.2) is 0 Å². The molecule has 0 bridgehead atoms. The Labute approximate surface area is 112 Å². The normalized spacial score (nSPS) is 9.64. The molecular weight excluding hydrogens is 254 g/mol. The summed E-state index contributed by atoms with van der Waals surface area (Å²) >= 11 is 0.250. The Balaban J connectivity index is -0.000000138. The number of hydrogen-bond donors (Lipinski definition) is 0. The molecule has 0 aliphatic rings. The van der Waals surface area contributed by atoms with E-state index in [0.717, 1.165) is 0 Å². The van der Waals surface area contributed by atoms with Crippen molar-refractivity contribution in [2.24, 2.45) is 0 Å². The van der Waals surface area contributed by atoms with Crippen LogP contribution in [0.5, 0.6) is 0 Å². The zero-order valence-corrected chi connectivity index (χ0v) is 11.4. The third-order valence-electron chi connectivity index (χ3n) is 0.133. The molecule has 0 rings (SSSR count). The van der Waals surface area contributed by atoms with Gasteiger partial charge < -0.3 is 9.79 Å². The molecule has 0 fully saturated rings. The van der Waals surface area contributed by atoms with Crippen molar-refractivity contribution in [3.8, 4) is 0 Å². The summed E-state index contributed by atoms with van der Waals surface area (Å²) in [5, 5.41) is 0. The third kappa shape index (κ3) is 33.0. The van der Waals surface area contributed by atoms with Gasteiger partial charge in [-0.2, -0.15) is 0 Å². The number of hydrogen-bond acceptors (Lipinski definition) is 7. The summed E-state index contributed by atoms with van der Waals surface area (Å²) in [5.41, 5.74) is 0. The van der Waals surface area contributed by atoms with Gasteiger partial charge in [0.05, 0.1) is 0 Å². The van der Waals surface area contributed by atoms with E-state index in [1.165, 1.54) is 0 Å². The third-order valence-corrected chi connectivity index (χ3v) is 1.20. The first-order chi connectivity index (χ1) is 5.13. The Morgan fingerprint density at radius 1 is 0.909 bits per heavy atom. The molecule has 0 spiro atoms. The molecule has 0 aromatic carbocycles. The fraction of sp³-hybridized carbons (Fsp3) is 0. The summed E-state index contributed by atoms with van der Waals surface area (Å²) in [6.45, 7) is 0. The molecule has 2 atom stereocenters. The van der Waals surface area contributed by atoms with Gasteiger partial charge in [0.15, 0.2) is 0 Å². The Hall–Kier alpha value is 2.20. The molecule has 0 aromatic heterocycles. The van der Waals surface area contributed by atoms with Gasteiger partial charge >= 0.3 is 91.1 Å². The standard InChI is InChI=1S/2Ca.O5P2.2O/c;;1-6(2)5-7(3)4;;. The second-order valence-corrected chi connectivity index (χ2v) is 2.08. The zero-order chi connectivity index (χ0) is 9.86. The zero-order valence-electron chi connectivity index (χ0n) is 5.17. The van der Waals surface area contributed by atoms with Gasteiger partial charge in [0, 0.05) is 0 Å². The summed E-state index contributed by atoms with van der Waals surface area (Å²) in [6, 6.07) is 0. The van der Waals surface area contributed by atoms with Crippen LogP contribution in [0.2, 0.25) is 0 Å².